The lowest BCUT2D eigenvalue weighted by Crippen LogP contribution is -2.11. The molecule has 0 aromatic carbocycles. The van der Waals surface area contributed by atoms with Crippen LogP contribution >= 0.6 is 0 Å². The Morgan fingerprint density at radius 3 is 2.71 bits per heavy atom. The van der Waals surface area contributed by atoms with Gasteiger partial charge in [0.05, 0.1) is 0 Å². The van der Waals surface area contributed by atoms with E-state index in [9.17, 15) is 9.59 Å². The van der Waals surface area contributed by atoms with E-state index in [4.69, 9.17) is 5.11 Å². The maximum Gasteiger partial charge on any atom is 0.341 e. The number of H-pyrrole nitrogens is 1. The van der Waals surface area contributed by atoms with Gasteiger partial charge in [-0.15, -0.1) is 0 Å². The van der Waals surface area contributed by atoms with Gasteiger partial charge < -0.3 is 10.4 Å². The zero-order valence-electron chi connectivity index (χ0n) is 9.52. The third kappa shape index (κ3) is 3.30. The third-order valence-corrected chi connectivity index (χ3v) is 1.95. The molecule has 0 aliphatic heterocycles. The highest BCUT2D eigenvalue weighted by molar-refractivity contribution is 6.04. The number of rotatable bonds is 4. The van der Waals surface area contributed by atoms with Crippen LogP contribution in [0.15, 0.2) is 24.3 Å². The van der Waals surface area contributed by atoms with Crippen molar-refractivity contribution in [2.24, 2.45) is 0 Å². The van der Waals surface area contributed by atoms with Crippen molar-refractivity contribution in [3.8, 4) is 0 Å². The van der Waals surface area contributed by atoms with Gasteiger partial charge in [-0.1, -0.05) is 18.2 Å². The van der Waals surface area contributed by atoms with Crippen LogP contribution in [-0.2, 0) is 4.79 Å². The highest BCUT2D eigenvalue weighted by Crippen LogP contribution is 2.15. The number of aromatic nitrogens is 2. The highest BCUT2D eigenvalue weighted by Gasteiger charge is 2.17. The summed E-state index contributed by atoms with van der Waals surface area (Å²) in [4.78, 5) is 22.3. The summed E-state index contributed by atoms with van der Waals surface area (Å²) in [6.45, 7) is 3.39. The molecule has 0 aliphatic carbocycles. The predicted molar refractivity (Wildman–Crippen MR) is 62.9 cm³/mol. The van der Waals surface area contributed by atoms with E-state index in [0.29, 0.717) is 5.69 Å². The Bertz CT molecular complexity index is 486. The number of amides is 1. The Morgan fingerprint density at radius 1 is 1.41 bits per heavy atom. The monoisotopic (exact) mass is 235 g/mol. The van der Waals surface area contributed by atoms with Gasteiger partial charge in [-0.3, -0.25) is 9.89 Å². The molecule has 1 amide bonds. The second-order valence-corrected chi connectivity index (χ2v) is 3.25. The van der Waals surface area contributed by atoms with E-state index >= 15 is 0 Å². The molecule has 0 bridgehead atoms. The average Bonchev–Trinajstić information content (AvgIpc) is 2.60. The summed E-state index contributed by atoms with van der Waals surface area (Å²) in [6.07, 6.45) is 6.30. The van der Waals surface area contributed by atoms with Crippen LogP contribution in [0.4, 0.5) is 5.82 Å². The summed E-state index contributed by atoms with van der Waals surface area (Å²) in [5.41, 5.74) is 0.364. The SMILES string of the molecule is C/C=C/C=C/C(=O)Nc1n[nH]c(C)c1C(=O)O. The van der Waals surface area contributed by atoms with Gasteiger partial charge >= 0.3 is 5.97 Å². The van der Waals surface area contributed by atoms with Crippen LogP contribution in [0, 0.1) is 6.92 Å². The van der Waals surface area contributed by atoms with Gasteiger partial charge in [0, 0.05) is 11.8 Å². The number of anilines is 1. The summed E-state index contributed by atoms with van der Waals surface area (Å²) in [7, 11) is 0. The summed E-state index contributed by atoms with van der Waals surface area (Å²) in [5, 5.41) is 17.5. The summed E-state index contributed by atoms with van der Waals surface area (Å²) >= 11 is 0. The fourth-order valence-corrected chi connectivity index (χ4v) is 1.19. The van der Waals surface area contributed by atoms with Gasteiger partial charge in [-0.05, 0) is 13.8 Å². The Balaban J connectivity index is 2.82. The molecule has 0 aliphatic rings. The standard InChI is InChI=1S/C11H13N3O3/c1-3-4-5-6-8(15)12-10-9(11(16)17)7(2)13-14-10/h3-6H,1-2H3,(H,16,17)(H2,12,13,14,15)/b4-3+,6-5+. The van der Waals surface area contributed by atoms with E-state index in [-0.39, 0.29) is 11.4 Å². The van der Waals surface area contributed by atoms with Crippen LogP contribution in [0.3, 0.4) is 0 Å². The quantitative estimate of drug-likeness (QED) is 0.544. The molecule has 90 valence electrons. The van der Waals surface area contributed by atoms with Crippen molar-refractivity contribution in [1.29, 1.82) is 0 Å². The molecule has 17 heavy (non-hydrogen) atoms. The minimum atomic E-state index is -1.14. The molecule has 1 heterocycles. The van der Waals surface area contributed by atoms with Crippen LogP contribution in [-0.4, -0.2) is 27.2 Å². The highest BCUT2D eigenvalue weighted by atomic mass is 16.4. The topological polar surface area (TPSA) is 95.1 Å². The Morgan fingerprint density at radius 2 is 2.12 bits per heavy atom. The fraction of sp³-hybridized carbons (Fsp3) is 0.182. The number of allylic oxidation sites excluding steroid dienone is 3. The summed E-state index contributed by atoms with van der Waals surface area (Å²) in [6, 6.07) is 0. The van der Waals surface area contributed by atoms with Crippen LogP contribution in [0.5, 0.6) is 0 Å². The number of aromatic amines is 1. The van der Waals surface area contributed by atoms with E-state index in [1.54, 1.807) is 25.2 Å². The number of carboxylic acids is 1. The first-order valence-corrected chi connectivity index (χ1v) is 4.95. The molecule has 3 N–H and O–H groups in total. The number of hydrogen-bond donors (Lipinski definition) is 3. The molecule has 0 spiro atoms. The first-order valence-electron chi connectivity index (χ1n) is 4.95. The zero-order chi connectivity index (χ0) is 12.8. The minimum Gasteiger partial charge on any atom is -0.477 e. The number of hydrogen-bond acceptors (Lipinski definition) is 3. The zero-order valence-corrected chi connectivity index (χ0v) is 9.52. The number of carbonyl (C=O) groups is 2. The molecular formula is C11H13N3O3. The molecule has 1 aromatic rings. The molecule has 0 saturated carbocycles. The lowest BCUT2D eigenvalue weighted by atomic mass is 10.2. The molecule has 0 fully saturated rings. The van der Waals surface area contributed by atoms with Crippen molar-refractivity contribution in [1.82, 2.24) is 10.2 Å². The molecular weight excluding hydrogens is 222 g/mol. The molecule has 6 nitrogen and oxygen atoms in total. The molecule has 0 unspecified atom stereocenters. The van der Waals surface area contributed by atoms with Gasteiger partial charge in [0.15, 0.2) is 5.82 Å². The number of aryl methyl sites for hydroxylation is 1. The number of nitrogens with one attached hydrogen (secondary N) is 2. The lowest BCUT2D eigenvalue weighted by Gasteiger charge is -1.98. The van der Waals surface area contributed by atoms with Crippen molar-refractivity contribution in [3.05, 3.63) is 35.6 Å². The van der Waals surface area contributed by atoms with Crippen LogP contribution in [0.25, 0.3) is 0 Å². The Hall–Kier alpha value is -2.37. The van der Waals surface area contributed by atoms with Gasteiger partial charge in [-0.25, -0.2) is 4.79 Å². The normalized spacial score (nSPS) is 11.2. The molecule has 0 radical (unpaired) electrons. The van der Waals surface area contributed by atoms with Crippen molar-refractivity contribution >= 4 is 17.7 Å². The number of carbonyl (C=O) groups excluding carboxylic acids is 1. The second kappa shape index (κ2) is 5.64. The Labute approximate surface area is 98.0 Å². The third-order valence-electron chi connectivity index (χ3n) is 1.95. The predicted octanol–water partition coefficient (Wildman–Crippen LogP) is 1.49. The fourth-order valence-electron chi connectivity index (χ4n) is 1.19. The lowest BCUT2D eigenvalue weighted by molar-refractivity contribution is -0.111. The van der Waals surface area contributed by atoms with Crippen molar-refractivity contribution < 1.29 is 14.7 Å². The summed E-state index contributed by atoms with van der Waals surface area (Å²) in [5.74, 6) is -1.55. The van der Waals surface area contributed by atoms with Crippen molar-refractivity contribution in [3.63, 3.8) is 0 Å². The smallest absolute Gasteiger partial charge is 0.341 e. The van der Waals surface area contributed by atoms with Gasteiger partial charge in [0.2, 0.25) is 5.91 Å². The number of carboxylic acid groups (broad SMARTS) is 1. The molecule has 0 saturated heterocycles. The van der Waals surface area contributed by atoms with Crippen LogP contribution in [0.2, 0.25) is 0 Å². The van der Waals surface area contributed by atoms with E-state index in [1.165, 1.54) is 6.08 Å². The summed E-state index contributed by atoms with van der Waals surface area (Å²) < 4.78 is 0. The maximum atomic E-state index is 11.4. The van der Waals surface area contributed by atoms with Gasteiger partial charge in [0.25, 0.3) is 0 Å². The van der Waals surface area contributed by atoms with Crippen molar-refractivity contribution in [2.75, 3.05) is 5.32 Å². The average molecular weight is 235 g/mol. The van der Waals surface area contributed by atoms with Gasteiger partial charge in [0.1, 0.15) is 5.56 Å². The first kappa shape index (κ1) is 12.7. The number of aromatic carboxylic acids is 1. The van der Waals surface area contributed by atoms with Crippen molar-refractivity contribution in [2.45, 2.75) is 13.8 Å². The van der Waals surface area contributed by atoms with E-state index in [1.807, 2.05) is 6.92 Å². The van der Waals surface area contributed by atoms with E-state index in [2.05, 4.69) is 15.5 Å². The largest absolute Gasteiger partial charge is 0.477 e. The van der Waals surface area contributed by atoms with E-state index in [0.717, 1.165) is 0 Å². The molecule has 1 aromatic heterocycles. The molecule has 1 rings (SSSR count). The van der Waals surface area contributed by atoms with Gasteiger partial charge in [-0.2, -0.15) is 5.10 Å². The molecule has 0 atom stereocenters. The molecule has 6 heteroatoms. The number of nitrogens with zero attached hydrogens (tertiary/aromatic N) is 1. The Kier molecular flexibility index (Phi) is 4.21. The van der Waals surface area contributed by atoms with Crippen LogP contribution < -0.4 is 5.32 Å². The second-order valence-electron chi connectivity index (χ2n) is 3.25. The first-order chi connectivity index (χ1) is 8.06. The maximum absolute atomic E-state index is 11.4. The van der Waals surface area contributed by atoms with E-state index < -0.39 is 11.9 Å². The minimum absolute atomic E-state index is 0.0186. The van der Waals surface area contributed by atoms with Crippen LogP contribution in [0.1, 0.15) is 23.0 Å².